The molecule has 3 aromatic carbocycles. The molecule has 0 radical (unpaired) electrons. The lowest BCUT2D eigenvalue weighted by Gasteiger charge is -2.32. The highest BCUT2D eigenvalue weighted by atomic mass is 35.5. The molecule has 2 amide bonds. The van der Waals surface area contributed by atoms with Crippen molar-refractivity contribution in [2.75, 3.05) is 19.8 Å². The highest BCUT2D eigenvalue weighted by molar-refractivity contribution is 6.35. The Morgan fingerprint density at radius 3 is 2.38 bits per heavy atom. The number of rotatable bonds is 11. The van der Waals surface area contributed by atoms with Gasteiger partial charge in [0.05, 0.1) is 0 Å². The molecule has 1 aliphatic rings. The first-order valence-electron chi connectivity index (χ1n) is 13.2. The highest BCUT2D eigenvalue weighted by Gasteiger charge is 2.31. The molecular formula is C31H34Cl2N2O4. The van der Waals surface area contributed by atoms with Gasteiger partial charge in [-0.25, -0.2) is 0 Å². The fourth-order valence-corrected chi connectivity index (χ4v) is 4.92. The minimum atomic E-state index is -0.717. The van der Waals surface area contributed by atoms with Crippen molar-refractivity contribution in [1.82, 2.24) is 10.2 Å². The van der Waals surface area contributed by atoms with E-state index in [0.717, 1.165) is 16.7 Å². The van der Waals surface area contributed by atoms with Gasteiger partial charge >= 0.3 is 0 Å². The van der Waals surface area contributed by atoms with Gasteiger partial charge in [-0.2, -0.15) is 0 Å². The van der Waals surface area contributed by atoms with E-state index in [1.165, 1.54) is 0 Å². The van der Waals surface area contributed by atoms with Gasteiger partial charge in [-0.15, -0.1) is 0 Å². The van der Waals surface area contributed by atoms with Gasteiger partial charge in [0.15, 0.2) is 11.5 Å². The van der Waals surface area contributed by atoms with Gasteiger partial charge in [-0.05, 0) is 53.3 Å². The molecule has 1 N–H and O–H groups in total. The monoisotopic (exact) mass is 568 g/mol. The lowest BCUT2D eigenvalue weighted by Crippen LogP contribution is -2.51. The normalized spacial score (nSPS) is 13.2. The highest BCUT2D eigenvalue weighted by Crippen LogP contribution is 2.31. The quantitative estimate of drug-likeness (QED) is 0.303. The van der Waals surface area contributed by atoms with Crippen molar-refractivity contribution in [3.8, 4) is 11.5 Å². The van der Waals surface area contributed by atoms with Crippen LogP contribution in [0.15, 0.2) is 66.7 Å². The topological polar surface area (TPSA) is 67.9 Å². The first kappa shape index (κ1) is 28.8. The minimum Gasteiger partial charge on any atom is -0.486 e. The smallest absolute Gasteiger partial charge is 0.243 e. The summed E-state index contributed by atoms with van der Waals surface area (Å²) in [7, 11) is 0. The summed E-state index contributed by atoms with van der Waals surface area (Å²) < 4.78 is 11.3. The van der Waals surface area contributed by atoms with E-state index in [9.17, 15) is 9.59 Å². The van der Waals surface area contributed by atoms with Crippen molar-refractivity contribution in [3.05, 3.63) is 93.5 Å². The van der Waals surface area contributed by atoms with E-state index in [2.05, 4.69) is 5.32 Å². The van der Waals surface area contributed by atoms with Crippen molar-refractivity contribution < 1.29 is 19.1 Å². The summed E-state index contributed by atoms with van der Waals surface area (Å²) in [5.41, 5.74) is 2.65. The van der Waals surface area contributed by atoms with E-state index >= 15 is 0 Å². The SMILES string of the molecule is CC(C)CNC(=O)C(Cc1ccccc1)N(Cc1ccc(Cl)cc1Cl)C(=O)CCc1ccc2c(c1)OCCO2. The van der Waals surface area contributed by atoms with Crippen LogP contribution in [0.1, 0.15) is 37.0 Å². The number of amides is 2. The molecule has 0 fully saturated rings. The second kappa shape index (κ2) is 13.7. The van der Waals surface area contributed by atoms with E-state index in [0.29, 0.717) is 54.1 Å². The molecule has 0 saturated carbocycles. The van der Waals surface area contributed by atoms with E-state index in [-0.39, 0.29) is 30.7 Å². The second-order valence-electron chi connectivity index (χ2n) is 10.1. The van der Waals surface area contributed by atoms with Gasteiger partial charge < -0.3 is 19.7 Å². The van der Waals surface area contributed by atoms with Gasteiger partial charge in [0.2, 0.25) is 11.8 Å². The average Bonchev–Trinajstić information content (AvgIpc) is 2.93. The summed E-state index contributed by atoms with van der Waals surface area (Å²) in [6, 6.07) is 19.9. The van der Waals surface area contributed by atoms with Gasteiger partial charge in [0.25, 0.3) is 0 Å². The molecule has 1 unspecified atom stereocenters. The molecule has 0 aliphatic carbocycles. The van der Waals surface area contributed by atoms with Gasteiger partial charge in [0, 0.05) is 36.0 Å². The number of benzene rings is 3. The molecule has 1 aliphatic heterocycles. The van der Waals surface area contributed by atoms with E-state index in [1.807, 2.05) is 62.4 Å². The molecule has 206 valence electrons. The number of fused-ring (bicyclic) bond motifs is 1. The molecule has 39 heavy (non-hydrogen) atoms. The number of aryl methyl sites for hydroxylation is 1. The number of hydrogen-bond donors (Lipinski definition) is 1. The number of nitrogens with zero attached hydrogens (tertiary/aromatic N) is 1. The van der Waals surface area contributed by atoms with E-state index in [1.54, 1.807) is 23.1 Å². The van der Waals surface area contributed by atoms with Crippen LogP contribution in [0.4, 0.5) is 0 Å². The molecule has 8 heteroatoms. The predicted octanol–water partition coefficient (Wildman–Crippen LogP) is 6.11. The fraction of sp³-hybridized carbons (Fsp3) is 0.355. The maximum absolute atomic E-state index is 13.9. The van der Waals surface area contributed by atoms with E-state index < -0.39 is 6.04 Å². The zero-order valence-electron chi connectivity index (χ0n) is 22.3. The maximum atomic E-state index is 13.9. The van der Waals surface area contributed by atoms with Crippen LogP contribution >= 0.6 is 23.2 Å². The molecule has 0 bridgehead atoms. The lowest BCUT2D eigenvalue weighted by molar-refractivity contribution is -0.141. The molecule has 3 aromatic rings. The predicted molar refractivity (Wildman–Crippen MR) is 155 cm³/mol. The molecule has 0 aromatic heterocycles. The fourth-order valence-electron chi connectivity index (χ4n) is 4.45. The summed E-state index contributed by atoms with van der Waals surface area (Å²) in [6.07, 6.45) is 1.09. The Morgan fingerprint density at radius 2 is 1.67 bits per heavy atom. The minimum absolute atomic E-state index is 0.142. The average molecular weight is 570 g/mol. The van der Waals surface area contributed by atoms with Gasteiger partial charge in [-0.3, -0.25) is 9.59 Å². The Kier molecular flexibility index (Phi) is 10.1. The zero-order chi connectivity index (χ0) is 27.8. The summed E-state index contributed by atoms with van der Waals surface area (Å²) in [5.74, 6) is 1.34. The zero-order valence-corrected chi connectivity index (χ0v) is 23.8. The largest absolute Gasteiger partial charge is 0.486 e. The summed E-state index contributed by atoms with van der Waals surface area (Å²) in [6.45, 7) is 5.80. The third-order valence-electron chi connectivity index (χ3n) is 6.55. The molecule has 1 atom stereocenters. The van der Waals surface area contributed by atoms with Gasteiger partial charge in [0.1, 0.15) is 19.3 Å². The van der Waals surface area contributed by atoms with Crippen molar-refractivity contribution >= 4 is 35.0 Å². The van der Waals surface area contributed by atoms with Crippen LogP contribution in [0.5, 0.6) is 11.5 Å². The van der Waals surface area contributed by atoms with Crippen LogP contribution in [0, 0.1) is 5.92 Å². The van der Waals surface area contributed by atoms with Crippen molar-refractivity contribution in [2.24, 2.45) is 5.92 Å². The molecule has 6 nitrogen and oxygen atoms in total. The Bertz CT molecular complexity index is 1280. The Labute approximate surface area is 240 Å². The third kappa shape index (κ3) is 8.13. The second-order valence-corrected chi connectivity index (χ2v) is 10.9. The first-order chi connectivity index (χ1) is 18.8. The Balaban J connectivity index is 1.61. The number of hydrogen-bond acceptors (Lipinski definition) is 4. The van der Waals surface area contributed by atoms with Crippen LogP contribution in [-0.4, -0.2) is 42.5 Å². The lowest BCUT2D eigenvalue weighted by atomic mass is 10.0. The Morgan fingerprint density at radius 1 is 0.923 bits per heavy atom. The van der Waals surface area contributed by atoms with Gasteiger partial charge in [-0.1, -0.05) is 79.5 Å². The number of halogens is 2. The number of carbonyl (C=O) groups is 2. The molecule has 4 rings (SSSR count). The van der Waals surface area contributed by atoms with Crippen LogP contribution in [0.3, 0.4) is 0 Å². The van der Waals surface area contributed by atoms with Crippen molar-refractivity contribution in [3.63, 3.8) is 0 Å². The molecular weight excluding hydrogens is 535 g/mol. The third-order valence-corrected chi connectivity index (χ3v) is 7.13. The number of nitrogens with one attached hydrogen (secondary N) is 1. The summed E-state index contributed by atoms with van der Waals surface area (Å²) in [4.78, 5) is 29.1. The molecule has 0 saturated heterocycles. The van der Waals surface area contributed by atoms with Crippen LogP contribution < -0.4 is 14.8 Å². The maximum Gasteiger partial charge on any atom is 0.243 e. The van der Waals surface area contributed by atoms with Crippen molar-refractivity contribution in [1.29, 1.82) is 0 Å². The van der Waals surface area contributed by atoms with E-state index in [4.69, 9.17) is 32.7 Å². The standard InChI is InChI=1S/C31H34Cl2N2O4/c1-21(2)19-34-31(37)27(16-22-6-4-3-5-7-22)35(20-24-10-11-25(32)18-26(24)33)30(36)13-9-23-8-12-28-29(17-23)39-15-14-38-28/h3-8,10-12,17-18,21,27H,9,13-16,19-20H2,1-2H3,(H,34,37). The number of carbonyl (C=O) groups excluding carboxylic acids is 2. The first-order valence-corrected chi connectivity index (χ1v) is 14.0. The molecule has 0 spiro atoms. The van der Waals surface area contributed by atoms with Crippen LogP contribution in [0.2, 0.25) is 10.0 Å². The van der Waals surface area contributed by atoms with Crippen molar-refractivity contribution in [2.45, 2.75) is 45.7 Å². The number of ether oxygens (including phenoxy) is 2. The molecule has 1 heterocycles. The Hall–Kier alpha value is -3.22. The van der Waals surface area contributed by atoms with Crippen LogP contribution in [-0.2, 0) is 29.0 Å². The summed E-state index contributed by atoms with van der Waals surface area (Å²) >= 11 is 12.6. The summed E-state index contributed by atoms with van der Waals surface area (Å²) in [5, 5.41) is 4.00. The van der Waals surface area contributed by atoms with Crippen LogP contribution in [0.25, 0.3) is 0 Å².